The first-order chi connectivity index (χ1) is 3.50. The molecule has 0 aromatic carbocycles. The predicted octanol–water partition coefficient (Wildman–Crippen LogP) is 1.16. The maximum atomic E-state index is 5.10. The van der Waals surface area contributed by atoms with Crippen LogP contribution in [-0.4, -0.2) is 13.2 Å². The van der Waals surface area contributed by atoms with Gasteiger partial charge in [-0.25, -0.2) is 0 Å². The highest BCUT2D eigenvalue weighted by molar-refractivity contribution is 4.75. The standard InChI is InChI=1S/C6H9O/c1-2-4-6-7-5-3-1/h1H,3-6H2. The van der Waals surface area contributed by atoms with E-state index in [-0.39, 0.29) is 0 Å². The SMILES string of the molecule is [C]1=CCCOCC1. The van der Waals surface area contributed by atoms with E-state index < -0.39 is 0 Å². The highest BCUT2D eigenvalue weighted by Crippen LogP contribution is 1.93. The molecule has 0 spiro atoms. The summed E-state index contributed by atoms with van der Waals surface area (Å²) in [5, 5.41) is 0. The molecule has 0 saturated carbocycles. The topological polar surface area (TPSA) is 9.23 Å². The van der Waals surface area contributed by atoms with E-state index in [1.54, 1.807) is 0 Å². The molecule has 0 fully saturated rings. The number of hydrogen-bond acceptors (Lipinski definition) is 1. The largest absolute Gasteiger partial charge is 0.381 e. The molecule has 7 heavy (non-hydrogen) atoms. The summed E-state index contributed by atoms with van der Waals surface area (Å²) in [5.74, 6) is 0. The van der Waals surface area contributed by atoms with Gasteiger partial charge in [0.1, 0.15) is 0 Å². The minimum absolute atomic E-state index is 0.858. The van der Waals surface area contributed by atoms with E-state index in [0.717, 1.165) is 26.1 Å². The molecular formula is C6H9O. The van der Waals surface area contributed by atoms with Gasteiger partial charge in [0.2, 0.25) is 0 Å². The molecular weight excluding hydrogens is 88.1 g/mol. The first-order valence-corrected chi connectivity index (χ1v) is 2.63. The van der Waals surface area contributed by atoms with Crippen LogP contribution in [0.4, 0.5) is 0 Å². The molecule has 1 heteroatoms. The maximum Gasteiger partial charge on any atom is 0.0506 e. The lowest BCUT2D eigenvalue weighted by Crippen LogP contribution is -1.90. The van der Waals surface area contributed by atoms with Crippen LogP contribution >= 0.6 is 0 Å². The summed E-state index contributed by atoms with van der Waals surface area (Å²) in [6.07, 6.45) is 7.16. The lowest BCUT2D eigenvalue weighted by Gasteiger charge is -1.91. The summed E-state index contributed by atoms with van der Waals surface area (Å²) in [6, 6.07) is 0. The average Bonchev–Trinajstić information content (AvgIpc) is 1.90. The minimum Gasteiger partial charge on any atom is -0.381 e. The van der Waals surface area contributed by atoms with Crippen molar-refractivity contribution in [3.8, 4) is 0 Å². The molecule has 1 aliphatic rings. The molecule has 1 heterocycles. The van der Waals surface area contributed by atoms with E-state index in [1.165, 1.54) is 0 Å². The zero-order chi connectivity index (χ0) is 4.95. The lowest BCUT2D eigenvalue weighted by molar-refractivity contribution is 0.147. The van der Waals surface area contributed by atoms with Crippen molar-refractivity contribution >= 4 is 0 Å². The Morgan fingerprint density at radius 3 is 3.43 bits per heavy atom. The summed E-state index contributed by atoms with van der Waals surface area (Å²) in [5.41, 5.74) is 0. The van der Waals surface area contributed by atoms with E-state index in [9.17, 15) is 0 Å². The van der Waals surface area contributed by atoms with Crippen LogP contribution in [0.3, 0.4) is 0 Å². The smallest absolute Gasteiger partial charge is 0.0506 e. The van der Waals surface area contributed by atoms with Crippen molar-refractivity contribution in [2.75, 3.05) is 13.2 Å². The van der Waals surface area contributed by atoms with Gasteiger partial charge in [-0.2, -0.15) is 0 Å². The molecule has 0 aromatic rings. The van der Waals surface area contributed by atoms with Gasteiger partial charge in [-0.3, -0.25) is 0 Å². The molecule has 39 valence electrons. The fourth-order valence-corrected chi connectivity index (χ4v) is 0.580. The van der Waals surface area contributed by atoms with Gasteiger partial charge in [0.15, 0.2) is 0 Å². The van der Waals surface area contributed by atoms with E-state index in [0.29, 0.717) is 0 Å². The van der Waals surface area contributed by atoms with Gasteiger partial charge in [0.25, 0.3) is 0 Å². The van der Waals surface area contributed by atoms with Gasteiger partial charge < -0.3 is 4.74 Å². The summed E-state index contributed by atoms with van der Waals surface area (Å²) >= 11 is 0. The normalized spacial score (nSPS) is 21.7. The van der Waals surface area contributed by atoms with Crippen molar-refractivity contribution < 1.29 is 4.74 Å². The van der Waals surface area contributed by atoms with Gasteiger partial charge in [-0.05, 0) is 18.9 Å². The Morgan fingerprint density at radius 2 is 2.43 bits per heavy atom. The van der Waals surface area contributed by atoms with Crippen molar-refractivity contribution in [2.24, 2.45) is 0 Å². The van der Waals surface area contributed by atoms with Crippen molar-refractivity contribution in [2.45, 2.75) is 12.8 Å². The van der Waals surface area contributed by atoms with Crippen molar-refractivity contribution in [1.29, 1.82) is 0 Å². The van der Waals surface area contributed by atoms with Crippen LogP contribution in [-0.2, 0) is 4.74 Å². The second-order valence-corrected chi connectivity index (χ2v) is 1.56. The fourth-order valence-electron chi connectivity index (χ4n) is 0.580. The average molecular weight is 97.1 g/mol. The predicted molar refractivity (Wildman–Crippen MR) is 27.9 cm³/mol. The lowest BCUT2D eigenvalue weighted by atomic mass is 10.4. The quantitative estimate of drug-likeness (QED) is 0.440. The molecule has 1 radical (unpaired) electrons. The molecule has 0 atom stereocenters. The Balaban J connectivity index is 2.20. The summed E-state index contributed by atoms with van der Waals surface area (Å²) in [7, 11) is 0. The number of ether oxygens (including phenoxy) is 1. The van der Waals surface area contributed by atoms with Gasteiger partial charge in [-0.1, -0.05) is 6.08 Å². The van der Waals surface area contributed by atoms with Crippen molar-refractivity contribution in [3.63, 3.8) is 0 Å². The fraction of sp³-hybridized carbons (Fsp3) is 0.667. The van der Waals surface area contributed by atoms with Crippen LogP contribution in [0, 0.1) is 6.08 Å². The third kappa shape index (κ3) is 1.74. The Labute approximate surface area is 44.0 Å². The number of rotatable bonds is 0. The van der Waals surface area contributed by atoms with Gasteiger partial charge in [0, 0.05) is 0 Å². The Morgan fingerprint density at radius 1 is 1.43 bits per heavy atom. The molecule has 0 aliphatic carbocycles. The molecule has 0 N–H and O–H groups in total. The van der Waals surface area contributed by atoms with Crippen LogP contribution in [0.2, 0.25) is 0 Å². The second kappa shape index (κ2) is 2.80. The molecule has 0 aromatic heterocycles. The summed E-state index contributed by atoms with van der Waals surface area (Å²) in [6.45, 7) is 1.74. The Bertz CT molecular complexity index is 58.6. The van der Waals surface area contributed by atoms with Gasteiger partial charge >= 0.3 is 0 Å². The van der Waals surface area contributed by atoms with Crippen molar-refractivity contribution in [3.05, 3.63) is 12.2 Å². The third-order valence-corrected chi connectivity index (χ3v) is 0.942. The number of hydrogen-bond donors (Lipinski definition) is 0. The van der Waals surface area contributed by atoms with Crippen molar-refractivity contribution in [1.82, 2.24) is 0 Å². The van der Waals surface area contributed by atoms with Crippen LogP contribution in [0.25, 0.3) is 0 Å². The van der Waals surface area contributed by atoms with Gasteiger partial charge in [-0.15, -0.1) is 0 Å². The Hall–Kier alpha value is -0.300. The maximum absolute atomic E-state index is 5.10. The van der Waals surface area contributed by atoms with Crippen LogP contribution in [0.1, 0.15) is 12.8 Å². The van der Waals surface area contributed by atoms with E-state index in [2.05, 4.69) is 6.08 Å². The van der Waals surface area contributed by atoms with E-state index in [1.807, 2.05) is 6.08 Å². The molecule has 0 unspecified atom stereocenters. The first-order valence-electron chi connectivity index (χ1n) is 2.63. The molecule has 1 rings (SSSR count). The second-order valence-electron chi connectivity index (χ2n) is 1.56. The van der Waals surface area contributed by atoms with E-state index >= 15 is 0 Å². The zero-order valence-corrected chi connectivity index (χ0v) is 4.31. The Kier molecular flexibility index (Phi) is 1.94. The van der Waals surface area contributed by atoms with Crippen LogP contribution in [0.5, 0.6) is 0 Å². The third-order valence-electron chi connectivity index (χ3n) is 0.942. The van der Waals surface area contributed by atoms with Crippen LogP contribution in [0.15, 0.2) is 6.08 Å². The molecule has 1 nitrogen and oxygen atoms in total. The highest BCUT2D eigenvalue weighted by atomic mass is 16.5. The molecule has 0 amide bonds. The van der Waals surface area contributed by atoms with Crippen LogP contribution < -0.4 is 0 Å². The van der Waals surface area contributed by atoms with E-state index in [4.69, 9.17) is 4.74 Å². The summed E-state index contributed by atoms with van der Waals surface area (Å²) < 4.78 is 5.10. The monoisotopic (exact) mass is 97.1 g/mol. The zero-order valence-electron chi connectivity index (χ0n) is 4.31. The van der Waals surface area contributed by atoms with Gasteiger partial charge in [0.05, 0.1) is 13.2 Å². The molecule has 0 bridgehead atoms. The minimum atomic E-state index is 0.858. The molecule has 0 saturated heterocycles. The highest BCUT2D eigenvalue weighted by Gasteiger charge is 1.88. The first kappa shape index (κ1) is 4.85. The molecule has 1 aliphatic heterocycles. The summed E-state index contributed by atoms with van der Waals surface area (Å²) in [4.78, 5) is 0.